The molecule has 21 heavy (non-hydrogen) atoms. The van der Waals surface area contributed by atoms with Crippen LogP contribution in [0.15, 0.2) is 23.2 Å². The first-order valence-corrected chi connectivity index (χ1v) is 9.29. The second kappa shape index (κ2) is 7.75. The summed E-state index contributed by atoms with van der Waals surface area (Å²) in [6.07, 6.45) is 8.38. The quantitative estimate of drug-likeness (QED) is 0.812. The van der Waals surface area contributed by atoms with E-state index in [1.165, 1.54) is 25.5 Å². The van der Waals surface area contributed by atoms with Gasteiger partial charge in [-0.15, -0.1) is 0 Å². The SMILES string of the molecule is CCCNc1ccc(S(=O)(=O)NCC2CCCCC2)cn1. The van der Waals surface area contributed by atoms with Crippen LogP contribution in [0.4, 0.5) is 5.82 Å². The number of hydrogen-bond donors (Lipinski definition) is 2. The van der Waals surface area contributed by atoms with Gasteiger partial charge in [0.15, 0.2) is 0 Å². The van der Waals surface area contributed by atoms with Crippen molar-refractivity contribution in [2.24, 2.45) is 5.92 Å². The lowest BCUT2D eigenvalue weighted by molar-refractivity contribution is 0.357. The van der Waals surface area contributed by atoms with Crippen molar-refractivity contribution in [2.75, 3.05) is 18.4 Å². The van der Waals surface area contributed by atoms with E-state index >= 15 is 0 Å². The summed E-state index contributed by atoms with van der Waals surface area (Å²) in [4.78, 5) is 4.38. The minimum absolute atomic E-state index is 0.236. The second-order valence-electron chi connectivity index (χ2n) is 5.66. The number of hydrogen-bond acceptors (Lipinski definition) is 4. The highest BCUT2D eigenvalue weighted by Gasteiger charge is 2.19. The van der Waals surface area contributed by atoms with Gasteiger partial charge in [0.25, 0.3) is 0 Å². The Balaban J connectivity index is 1.91. The van der Waals surface area contributed by atoms with Crippen LogP contribution in [0.3, 0.4) is 0 Å². The van der Waals surface area contributed by atoms with Crippen molar-refractivity contribution >= 4 is 15.8 Å². The third-order valence-corrected chi connectivity index (χ3v) is 5.30. The van der Waals surface area contributed by atoms with Crippen molar-refractivity contribution in [1.82, 2.24) is 9.71 Å². The number of anilines is 1. The fourth-order valence-electron chi connectivity index (χ4n) is 2.60. The van der Waals surface area contributed by atoms with Crippen LogP contribution >= 0.6 is 0 Å². The van der Waals surface area contributed by atoms with Gasteiger partial charge in [-0.2, -0.15) is 0 Å². The Morgan fingerprint density at radius 1 is 1.24 bits per heavy atom. The van der Waals surface area contributed by atoms with Crippen molar-refractivity contribution in [2.45, 2.75) is 50.3 Å². The van der Waals surface area contributed by atoms with Crippen LogP contribution in [-0.2, 0) is 10.0 Å². The molecule has 118 valence electrons. The van der Waals surface area contributed by atoms with E-state index in [-0.39, 0.29) is 4.90 Å². The highest BCUT2D eigenvalue weighted by Crippen LogP contribution is 2.23. The van der Waals surface area contributed by atoms with Gasteiger partial charge in [-0.1, -0.05) is 26.2 Å². The van der Waals surface area contributed by atoms with Crippen LogP contribution in [0.1, 0.15) is 45.4 Å². The van der Waals surface area contributed by atoms with Gasteiger partial charge in [-0.25, -0.2) is 18.1 Å². The number of nitrogens with one attached hydrogen (secondary N) is 2. The Kier molecular flexibility index (Phi) is 5.99. The van der Waals surface area contributed by atoms with Crippen LogP contribution in [0.25, 0.3) is 0 Å². The van der Waals surface area contributed by atoms with Gasteiger partial charge in [0.05, 0.1) is 0 Å². The third kappa shape index (κ3) is 4.97. The summed E-state index contributed by atoms with van der Waals surface area (Å²) >= 11 is 0. The number of rotatable bonds is 7. The summed E-state index contributed by atoms with van der Waals surface area (Å²) in [7, 11) is -3.44. The summed E-state index contributed by atoms with van der Waals surface area (Å²) in [5.41, 5.74) is 0. The summed E-state index contributed by atoms with van der Waals surface area (Å²) in [5, 5.41) is 3.13. The van der Waals surface area contributed by atoms with Gasteiger partial charge in [-0.3, -0.25) is 0 Å². The van der Waals surface area contributed by atoms with E-state index < -0.39 is 10.0 Å². The van der Waals surface area contributed by atoms with Crippen LogP contribution in [0.5, 0.6) is 0 Å². The predicted octanol–water partition coefficient (Wildman–Crippen LogP) is 2.76. The highest BCUT2D eigenvalue weighted by molar-refractivity contribution is 7.89. The second-order valence-corrected chi connectivity index (χ2v) is 7.43. The normalized spacial score (nSPS) is 16.8. The van der Waals surface area contributed by atoms with E-state index in [9.17, 15) is 8.42 Å². The molecule has 1 aliphatic carbocycles. The molecule has 5 nitrogen and oxygen atoms in total. The zero-order valence-electron chi connectivity index (χ0n) is 12.6. The molecule has 1 aliphatic rings. The number of aromatic nitrogens is 1. The van der Waals surface area contributed by atoms with Crippen LogP contribution in [0.2, 0.25) is 0 Å². The van der Waals surface area contributed by atoms with Gasteiger partial charge in [0.1, 0.15) is 10.7 Å². The molecule has 0 aromatic carbocycles. The Morgan fingerprint density at radius 2 is 2.00 bits per heavy atom. The lowest BCUT2D eigenvalue weighted by Gasteiger charge is -2.21. The van der Waals surface area contributed by atoms with Gasteiger partial charge in [0, 0.05) is 19.3 Å². The molecule has 2 rings (SSSR count). The molecular weight excluding hydrogens is 286 g/mol. The monoisotopic (exact) mass is 311 g/mol. The first-order chi connectivity index (χ1) is 10.1. The molecule has 0 bridgehead atoms. The lowest BCUT2D eigenvalue weighted by atomic mass is 9.90. The molecule has 1 aromatic rings. The average molecular weight is 311 g/mol. The third-order valence-electron chi connectivity index (χ3n) is 3.89. The molecule has 0 spiro atoms. The van der Waals surface area contributed by atoms with E-state index in [2.05, 4.69) is 21.9 Å². The Bertz CT molecular complexity index is 522. The lowest BCUT2D eigenvalue weighted by Crippen LogP contribution is -2.30. The first-order valence-electron chi connectivity index (χ1n) is 7.81. The standard InChI is InChI=1S/C15H25N3O2S/c1-2-10-16-15-9-8-14(12-17-15)21(19,20)18-11-13-6-4-3-5-7-13/h8-9,12-13,18H,2-7,10-11H2,1H3,(H,16,17). The Labute approximate surface area is 127 Å². The Morgan fingerprint density at radius 3 is 2.62 bits per heavy atom. The molecule has 0 aliphatic heterocycles. The molecule has 0 atom stereocenters. The van der Waals surface area contributed by atoms with Crippen molar-refractivity contribution in [3.63, 3.8) is 0 Å². The van der Waals surface area contributed by atoms with Crippen LogP contribution in [0, 0.1) is 5.92 Å². The molecule has 0 amide bonds. The molecule has 1 heterocycles. The van der Waals surface area contributed by atoms with Gasteiger partial charge < -0.3 is 5.32 Å². The minimum Gasteiger partial charge on any atom is -0.370 e. The van der Waals surface area contributed by atoms with Crippen molar-refractivity contribution in [3.05, 3.63) is 18.3 Å². The fraction of sp³-hybridized carbons (Fsp3) is 0.667. The zero-order chi connectivity index (χ0) is 15.1. The molecule has 0 radical (unpaired) electrons. The number of nitrogens with zero attached hydrogens (tertiary/aromatic N) is 1. The molecule has 1 saturated carbocycles. The van der Waals surface area contributed by atoms with E-state index in [0.717, 1.165) is 25.8 Å². The van der Waals surface area contributed by atoms with E-state index in [1.54, 1.807) is 12.1 Å². The molecule has 2 N–H and O–H groups in total. The van der Waals surface area contributed by atoms with Crippen LogP contribution in [-0.4, -0.2) is 26.5 Å². The summed E-state index contributed by atoms with van der Waals surface area (Å²) in [6, 6.07) is 3.32. The highest BCUT2D eigenvalue weighted by atomic mass is 32.2. The van der Waals surface area contributed by atoms with Crippen molar-refractivity contribution in [3.8, 4) is 0 Å². The zero-order valence-corrected chi connectivity index (χ0v) is 13.5. The maximum absolute atomic E-state index is 12.2. The topological polar surface area (TPSA) is 71.1 Å². The summed E-state index contributed by atoms with van der Waals surface area (Å²) < 4.78 is 27.2. The van der Waals surface area contributed by atoms with Gasteiger partial charge in [0.2, 0.25) is 10.0 Å². The minimum atomic E-state index is -3.44. The smallest absolute Gasteiger partial charge is 0.242 e. The largest absolute Gasteiger partial charge is 0.370 e. The maximum Gasteiger partial charge on any atom is 0.242 e. The molecule has 0 unspecified atom stereocenters. The molecule has 0 saturated heterocycles. The first kappa shape index (κ1) is 16.2. The maximum atomic E-state index is 12.2. The molecule has 6 heteroatoms. The predicted molar refractivity (Wildman–Crippen MR) is 84.8 cm³/mol. The number of sulfonamides is 1. The van der Waals surface area contributed by atoms with Crippen LogP contribution < -0.4 is 10.0 Å². The average Bonchev–Trinajstić information content (AvgIpc) is 2.52. The van der Waals surface area contributed by atoms with E-state index in [1.807, 2.05) is 0 Å². The van der Waals surface area contributed by atoms with Crippen molar-refractivity contribution < 1.29 is 8.42 Å². The van der Waals surface area contributed by atoms with Gasteiger partial charge >= 0.3 is 0 Å². The summed E-state index contributed by atoms with van der Waals surface area (Å²) in [6.45, 7) is 3.44. The fourth-order valence-corrected chi connectivity index (χ4v) is 3.66. The molecule has 1 fully saturated rings. The summed E-state index contributed by atoms with van der Waals surface area (Å²) in [5.74, 6) is 1.19. The van der Waals surface area contributed by atoms with E-state index in [0.29, 0.717) is 18.3 Å². The number of pyridine rings is 1. The van der Waals surface area contributed by atoms with E-state index in [4.69, 9.17) is 0 Å². The van der Waals surface area contributed by atoms with Crippen molar-refractivity contribution in [1.29, 1.82) is 0 Å². The molecule has 1 aromatic heterocycles. The van der Waals surface area contributed by atoms with Gasteiger partial charge in [-0.05, 0) is 37.3 Å². The molecular formula is C15H25N3O2S. The Hall–Kier alpha value is -1.14.